The molecule has 1 heterocycles. The Kier molecular flexibility index (Phi) is 5.82. The summed E-state index contributed by atoms with van der Waals surface area (Å²) in [6.45, 7) is 13.5. The van der Waals surface area contributed by atoms with Crippen molar-refractivity contribution in [2.24, 2.45) is 0 Å². The van der Waals surface area contributed by atoms with Crippen molar-refractivity contribution < 1.29 is 0 Å². The molecular weight excluding hydrogens is 376 g/mol. The van der Waals surface area contributed by atoms with Crippen molar-refractivity contribution in [3.05, 3.63) is 95.3 Å². The molecule has 0 atom stereocenters. The van der Waals surface area contributed by atoms with Gasteiger partial charge in [0.2, 0.25) is 0 Å². The van der Waals surface area contributed by atoms with Crippen LogP contribution in [-0.2, 0) is 0 Å². The summed E-state index contributed by atoms with van der Waals surface area (Å²) in [6.07, 6.45) is 4.01. The Hall–Kier alpha value is -3.13. The fourth-order valence-electron chi connectivity index (χ4n) is 4.43. The smallest absolute Gasteiger partial charge is 0.144 e. The number of rotatable bonds is 5. The van der Waals surface area contributed by atoms with Crippen LogP contribution < -0.4 is 0 Å². The Morgan fingerprint density at radius 3 is 1.77 bits per heavy atom. The maximum Gasteiger partial charge on any atom is 0.144 e. The summed E-state index contributed by atoms with van der Waals surface area (Å²) in [5, 5.41) is 0. The van der Waals surface area contributed by atoms with Crippen LogP contribution >= 0.6 is 0 Å². The van der Waals surface area contributed by atoms with Crippen LogP contribution in [0.4, 0.5) is 0 Å². The van der Waals surface area contributed by atoms with Gasteiger partial charge in [0.1, 0.15) is 5.82 Å². The lowest BCUT2D eigenvalue weighted by Crippen LogP contribution is -2.08. The molecule has 0 spiro atoms. The molecule has 0 aliphatic rings. The highest BCUT2D eigenvalue weighted by atomic mass is 15.1. The van der Waals surface area contributed by atoms with E-state index >= 15 is 0 Å². The van der Waals surface area contributed by atoms with Crippen LogP contribution in [0.2, 0.25) is 0 Å². The molecule has 3 aromatic carbocycles. The maximum atomic E-state index is 4.73. The van der Waals surface area contributed by atoms with Gasteiger partial charge in [-0.15, -0.1) is 0 Å². The standard InChI is InChI=1S/C29H32N2/c1-19(2)26-17-25(24-15-21(5)14-22(6)16-24)18-27(20(3)4)28(26)31-13-12-30-29(31)23-10-8-7-9-11-23/h7-20H,1-6H3. The predicted octanol–water partition coefficient (Wildman–Crippen LogP) is 8.07. The van der Waals surface area contributed by atoms with Gasteiger partial charge in [0.15, 0.2) is 0 Å². The number of aromatic nitrogens is 2. The van der Waals surface area contributed by atoms with E-state index in [4.69, 9.17) is 4.98 Å². The SMILES string of the molecule is Cc1cc(C)cc(-c2cc(C(C)C)c(-n3ccnc3-c3ccccc3)c(C(C)C)c2)c1. The summed E-state index contributed by atoms with van der Waals surface area (Å²) in [6, 6.07) is 22.1. The lowest BCUT2D eigenvalue weighted by molar-refractivity contribution is 0.807. The molecule has 4 aromatic rings. The summed E-state index contributed by atoms with van der Waals surface area (Å²) in [5.74, 6) is 1.78. The van der Waals surface area contributed by atoms with Crippen molar-refractivity contribution in [3.63, 3.8) is 0 Å². The first-order chi connectivity index (χ1) is 14.8. The zero-order chi connectivity index (χ0) is 22.1. The molecule has 1 aromatic heterocycles. The molecule has 0 aliphatic carbocycles. The first-order valence-corrected chi connectivity index (χ1v) is 11.2. The zero-order valence-electron chi connectivity index (χ0n) is 19.5. The normalized spacial score (nSPS) is 11.5. The molecule has 2 heteroatoms. The predicted molar refractivity (Wildman–Crippen MR) is 132 cm³/mol. The van der Waals surface area contributed by atoms with Crippen molar-refractivity contribution in [3.8, 4) is 28.2 Å². The average molecular weight is 409 g/mol. The van der Waals surface area contributed by atoms with Gasteiger partial charge in [-0.05, 0) is 60.1 Å². The molecule has 0 amide bonds. The second-order valence-corrected chi connectivity index (χ2v) is 9.18. The minimum Gasteiger partial charge on any atom is -0.299 e. The van der Waals surface area contributed by atoms with Crippen LogP contribution in [0.5, 0.6) is 0 Å². The number of hydrogen-bond donors (Lipinski definition) is 0. The minimum atomic E-state index is 0.393. The van der Waals surface area contributed by atoms with E-state index < -0.39 is 0 Å². The topological polar surface area (TPSA) is 17.8 Å². The number of imidazole rings is 1. The van der Waals surface area contributed by atoms with Gasteiger partial charge in [0, 0.05) is 18.0 Å². The molecule has 158 valence electrons. The number of benzene rings is 3. The van der Waals surface area contributed by atoms with Crippen molar-refractivity contribution >= 4 is 0 Å². The molecular formula is C29H32N2. The monoisotopic (exact) mass is 408 g/mol. The van der Waals surface area contributed by atoms with Crippen LogP contribution in [0.15, 0.2) is 73.1 Å². The Morgan fingerprint density at radius 1 is 0.677 bits per heavy atom. The van der Waals surface area contributed by atoms with Gasteiger partial charge in [-0.1, -0.05) is 87.4 Å². The quantitative estimate of drug-likeness (QED) is 0.326. The third-order valence-corrected chi connectivity index (χ3v) is 5.88. The highest BCUT2D eigenvalue weighted by Gasteiger charge is 2.20. The summed E-state index contributed by atoms with van der Waals surface area (Å²) in [7, 11) is 0. The van der Waals surface area contributed by atoms with E-state index in [0.717, 1.165) is 11.4 Å². The maximum absolute atomic E-state index is 4.73. The van der Waals surface area contributed by atoms with Crippen LogP contribution in [0, 0.1) is 13.8 Å². The van der Waals surface area contributed by atoms with Gasteiger partial charge in [-0.25, -0.2) is 4.98 Å². The molecule has 0 aliphatic heterocycles. The van der Waals surface area contributed by atoms with E-state index in [1.165, 1.54) is 39.1 Å². The largest absolute Gasteiger partial charge is 0.299 e. The second kappa shape index (κ2) is 8.55. The molecule has 0 fully saturated rings. The third-order valence-electron chi connectivity index (χ3n) is 5.88. The van der Waals surface area contributed by atoms with Crippen LogP contribution in [0.25, 0.3) is 28.2 Å². The van der Waals surface area contributed by atoms with Crippen LogP contribution in [0.3, 0.4) is 0 Å². The molecule has 0 unspecified atom stereocenters. The highest BCUT2D eigenvalue weighted by Crippen LogP contribution is 2.38. The highest BCUT2D eigenvalue weighted by molar-refractivity contribution is 5.72. The second-order valence-electron chi connectivity index (χ2n) is 9.18. The first kappa shape index (κ1) is 21.1. The number of nitrogens with zero attached hydrogens (tertiary/aromatic N) is 2. The number of hydrogen-bond acceptors (Lipinski definition) is 1. The van der Waals surface area contributed by atoms with E-state index in [1.54, 1.807) is 0 Å². The van der Waals surface area contributed by atoms with Crippen molar-refractivity contribution in [1.29, 1.82) is 0 Å². The van der Waals surface area contributed by atoms with Crippen molar-refractivity contribution in [2.45, 2.75) is 53.4 Å². The fraction of sp³-hybridized carbons (Fsp3) is 0.276. The van der Waals surface area contributed by atoms with Gasteiger partial charge in [-0.2, -0.15) is 0 Å². The average Bonchev–Trinajstić information content (AvgIpc) is 3.22. The third kappa shape index (κ3) is 4.20. The van der Waals surface area contributed by atoms with E-state index in [9.17, 15) is 0 Å². The zero-order valence-corrected chi connectivity index (χ0v) is 19.5. The molecule has 2 nitrogen and oxygen atoms in total. The van der Waals surface area contributed by atoms with Crippen molar-refractivity contribution in [2.75, 3.05) is 0 Å². The van der Waals surface area contributed by atoms with Gasteiger partial charge in [0.05, 0.1) is 5.69 Å². The van der Waals surface area contributed by atoms with E-state index in [-0.39, 0.29) is 0 Å². The molecule has 0 bridgehead atoms. The summed E-state index contributed by atoms with van der Waals surface area (Å²) >= 11 is 0. The lowest BCUT2D eigenvalue weighted by Gasteiger charge is -2.24. The summed E-state index contributed by atoms with van der Waals surface area (Å²) < 4.78 is 2.28. The molecule has 0 N–H and O–H groups in total. The lowest BCUT2D eigenvalue weighted by atomic mass is 9.87. The van der Waals surface area contributed by atoms with Gasteiger partial charge in [0.25, 0.3) is 0 Å². The van der Waals surface area contributed by atoms with Gasteiger partial charge >= 0.3 is 0 Å². The number of aryl methyl sites for hydroxylation is 2. The van der Waals surface area contributed by atoms with Crippen LogP contribution in [0.1, 0.15) is 61.8 Å². The van der Waals surface area contributed by atoms with Crippen molar-refractivity contribution in [1.82, 2.24) is 9.55 Å². The molecule has 0 radical (unpaired) electrons. The van der Waals surface area contributed by atoms with Crippen LogP contribution in [-0.4, -0.2) is 9.55 Å². The van der Waals surface area contributed by atoms with Gasteiger partial charge in [-0.3, -0.25) is 4.57 Å². The Labute approximate surface area is 186 Å². The minimum absolute atomic E-state index is 0.393. The van der Waals surface area contributed by atoms with E-state index in [0.29, 0.717) is 11.8 Å². The molecule has 0 saturated heterocycles. The Balaban J connectivity index is 1.99. The molecule has 31 heavy (non-hydrogen) atoms. The molecule has 4 rings (SSSR count). The summed E-state index contributed by atoms with van der Waals surface area (Å²) in [4.78, 5) is 4.73. The molecule has 0 saturated carbocycles. The Morgan fingerprint density at radius 2 is 1.23 bits per heavy atom. The van der Waals surface area contributed by atoms with Gasteiger partial charge < -0.3 is 0 Å². The van der Waals surface area contributed by atoms with E-state index in [1.807, 2.05) is 6.20 Å². The summed E-state index contributed by atoms with van der Waals surface area (Å²) in [5.41, 5.74) is 10.3. The fourth-order valence-corrected chi connectivity index (χ4v) is 4.43. The Bertz CT molecular complexity index is 1150. The first-order valence-electron chi connectivity index (χ1n) is 11.2. The van der Waals surface area contributed by atoms with E-state index in [2.05, 4.69) is 113 Å².